The molecule has 2 aliphatic rings. The lowest BCUT2D eigenvalue weighted by Crippen LogP contribution is -2.19. The van der Waals surface area contributed by atoms with Crippen molar-refractivity contribution < 1.29 is 24.1 Å². The summed E-state index contributed by atoms with van der Waals surface area (Å²) in [6.45, 7) is 6.14. The van der Waals surface area contributed by atoms with Crippen LogP contribution in [0.25, 0.3) is 0 Å². The Labute approximate surface area is 159 Å². The third-order valence-electron chi connectivity index (χ3n) is 4.31. The SMILES string of the molecule is C=C(C)C(=O)O.c1ccc(C(OC(c2ccccc2)C2CO2)C2CO2)cc1. The first-order valence-electron chi connectivity index (χ1n) is 8.93. The Morgan fingerprint density at radius 3 is 1.56 bits per heavy atom. The molecule has 0 aromatic heterocycles. The van der Waals surface area contributed by atoms with Gasteiger partial charge in [-0.2, -0.15) is 0 Å². The summed E-state index contributed by atoms with van der Waals surface area (Å²) in [6.07, 6.45) is 0.274. The van der Waals surface area contributed by atoms with E-state index in [4.69, 9.17) is 19.3 Å². The van der Waals surface area contributed by atoms with E-state index in [1.54, 1.807) is 0 Å². The minimum Gasteiger partial charge on any atom is -0.478 e. The quantitative estimate of drug-likeness (QED) is 0.592. The molecule has 4 unspecified atom stereocenters. The molecule has 2 saturated heterocycles. The smallest absolute Gasteiger partial charge is 0.330 e. The molecule has 0 radical (unpaired) electrons. The normalized spacial score (nSPS) is 22.0. The van der Waals surface area contributed by atoms with Crippen LogP contribution in [0.15, 0.2) is 72.8 Å². The Hall–Kier alpha value is -2.47. The van der Waals surface area contributed by atoms with Crippen LogP contribution >= 0.6 is 0 Å². The zero-order valence-corrected chi connectivity index (χ0v) is 15.3. The summed E-state index contributed by atoms with van der Waals surface area (Å²) in [7, 11) is 0. The van der Waals surface area contributed by atoms with Crippen molar-refractivity contribution in [2.75, 3.05) is 13.2 Å². The van der Waals surface area contributed by atoms with E-state index in [0.29, 0.717) is 0 Å². The Morgan fingerprint density at radius 1 is 0.963 bits per heavy atom. The Bertz CT molecular complexity index is 685. The monoisotopic (exact) mass is 368 g/mol. The number of benzene rings is 2. The van der Waals surface area contributed by atoms with Gasteiger partial charge in [-0.1, -0.05) is 67.2 Å². The van der Waals surface area contributed by atoms with Crippen LogP contribution < -0.4 is 0 Å². The highest BCUT2D eigenvalue weighted by Crippen LogP contribution is 2.40. The van der Waals surface area contributed by atoms with Crippen molar-refractivity contribution >= 4 is 5.97 Å². The number of aliphatic carboxylic acids is 1. The molecular weight excluding hydrogens is 344 g/mol. The second kappa shape index (κ2) is 8.95. The third kappa shape index (κ3) is 5.76. The molecule has 4 rings (SSSR count). The molecule has 5 heteroatoms. The van der Waals surface area contributed by atoms with Crippen LogP contribution in [-0.2, 0) is 19.0 Å². The predicted octanol–water partition coefficient (Wildman–Crippen LogP) is 3.93. The van der Waals surface area contributed by atoms with Crippen molar-refractivity contribution in [3.05, 3.63) is 83.9 Å². The van der Waals surface area contributed by atoms with Gasteiger partial charge in [-0.3, -0.25) is 0 Å². The first-order valence-corrected chi connectivity index (χ1v) is 8.93. The average Bonchev–Trinajstić information content (AvgIpc) is 3.58. The molecule has 0 amide bonds. The summed E-state index contributed by atoms with van der Waals surface area (Å²) in [5, 5.41) is 7.89. The molecular formula is C22H24O5. The molecule has 0 bridgehead atoms. The van der Waals surface area contributed by atoms with Crippen LogP contribution in [0.3, 0.4) is 0 Å². The average molecular weight is 368 g/mol. The van der Waals surface area contributed by atoms with E-state index in [1.807, 2.05) is 36.4 Å². The summed E-state index contributed by atoms with van der Waals surface area (Å²) >= 11 is 0. The van der Waals surface area contributed by atoms with Crippen LogP contribution in [0.1, 0.15) is 30.3 Å². The predicted molar refractivity (Wildman–Crippen MR) is 101 cm³/mol. The Kier molecular flexibility index (Phi) is 6.40. The van der Waals surface area contributed by atoms with Gasteiger partial charge < -0.3 is 19.3 Å². The van der Waals surface area contributed by atoms with Crippen molar-refractivity contribution in [3.63, 3.8) is 0 Å². The van der Waals surface area contributed by atoms with Gasteiger partial charge in [0.1, 0.15) is 24.4 Å². The third-order valence-corrected chi connectivity index (χ3v) is 4.31. The first kappa shape index (κ1) is 19.3. The van der Waals surface area contributed by atoms with Gasteiger partial charge in [0.25, 0.3) is 0 Å². The van der Waals surface area contributed by atoms with E-state index >= 15 is 0 Å². The van der Waals surface area contributed by atoms with E-state index in [0.717, 1.165) is 13.2 Å². The van der Waals surface area contributed by atoms with E-state index in [2.05, 4.69) is 30.8 Å². The van der Waals surface area contributed by atoms with Crippen LogP contribution in [0.5, 0.6) is 0 Å². The minimum absolute atomic E-state index is 0.0272. The maximum atomic E-state index is 9.60. The van der Waals surface area contributed by atoms with Gasteiger partial charge in [-0.15, -0.1) is 0 Å². The van der Waals surface area contributed by atoms with Crippen LogP contribution in [-0.4, -0.2) is 36.5 Å². The minimum atomic E-state index is -0.935. The van der Waals surface area contributed by atoms with Crippen molar-refractivity contribution in [2.24, 2.45) is 0 Å². The molecule has 2 heterocycles. The van der Waals surface area contributed by atoms with E-state index in [9.17, 15) is 4.79 Å². The van der Waals surface area contributed by atoms with Crippen LogP contribution in [0.4, 0.5) is 0 Å². The molecule has 2 aromatic carbocycles. The van der Waals surface area contributed by atoms with Gasteiger partial charge in [-0.25, -0.2) is 4.79 Å². The first-order chi connectivity index (χ1) is 13.1. The number of carbonyl (C=O) groups is 1. The van der Waals surface area contributed by atoms with Gasteiger partial charge in [0.2, 0.25) is 0 Å². The number of epoxide rings is 2. The second-order valence-corrected chi connectivity index (χ2v) is 6.63. The molecule has 2 aromatic rings. The molecule has 4 atom stereocenters. The fourth-order valence-electron chi connectivity index (χ4n) is 2.67. The molecule has 0 saturated carbocycles. The summed E-state index contributed by atoms with van der Waals surface area (Å²) < 4.78 is 17.4. The number of hydrogen-bond acceptors (Lipinski definition) is 4. The molecule has 2 fully saturated rings. The molecule has 0 aliphatic carbocycles. The largest absolute Gasteiger partial charge is 0.478 e. The van der Waals surface area contributed by atoms with Crippen LogP contribution in [0.2, 0.25) is 0 Å². The van der Waals surface area contributed by atoms with Crippen molar-refractivity contribution in [1.82, 2.24) is 0 Å². The molecule has 5 nitrogen and oxygen atoms in total. The fourth-order valence-corrected chi connectivity index (χ4v) is 2.67. The highest BCUT2D eigenvalue weighted by Gasteiger charge is 2.41. The van der Waals surface area contributed by atoms with Gasteiger partial charge >= 0.3 is 5.97 Å². The molecule has 142 valence electrons. The second-order valence-electron chi connectivity index (χ2n) is 6.63. The van der Waals surface area contributed by atoms with Gasteiger partial charge in [0, 0.05) is 5.57 Å². The van der Waals surface area contributed by atoms with E-state index in [1.165, 1.54) is 18.1 Å². The van der Waals surface area contributed by atoms with Gasteiger partial charge in [0.15, 0.2) is 0 Å². The number of carboxylic acid groups (broad SMARTS) is 1. The number of hydrogen-bond donors (Lipinski definition) is 1. The maximum absolute atomic E-state index is 9.60. The number of ether oxygens (including phenoxy) is 3. The highest BCUT2D eigenvalue weighted by molar-refractivity contribution is 5.84. The summed E-state index contributed by atoms with van der Waals surface area (Å²) in [4.78, 5) is 9.60. The zero-order chi connectivity index (χ0) is 19.2. The van der Waals surface area contributed by atoms with Crippen molar-refractivity contribution in [1.29, 1.82) is 0 Å². The van der Waals surface area contributed by atoms with Crippen molar-refractivity contribution in [2.45, 2.75) is 31.3 Å². The molecule has 2 aliphatic heterocycles. The van der Waals surface area contributed by atoms with Crippen LogP contribution in [0, 0.1) is 0 Å². The molecule has 27 heavy (non-hydrogen) atoms. The van der Waals surface area contributed by atoms with E-state index < -0.39 is 5.97 Å². The van der Waals surface area contributed by atoms with Gasteiger partial charge in [-0.05, 0) is 18.1 Å². The topological polar surface area (TPSA) is 71.6 Å². The standard InChI is InChI=1S/C18H18O3.C4H6O2/c1-3-7-13(8-4-1)17(15-11-19-15)21-18(16-12-20-16)14-9-5-2-6-10-14;1-3(2)4(5)6/h1-10,15-18H,11-12H2;1H2,2H3,(H,5,6). The summed E-state index contributed by atoms with van der Waals surface area (Å²) in [6, 6.07) is 20.6. The molecule has 0 spiro atoms. The zero-order valence-electron chi connectivity index (χ0n) is 15.3. The molecule has 1 N–H and O–H groups in total. The summed E-state index contributed by atoms with van der Waals surface area (Å²) in [5.74, 6) is -0.935. The Morgan fingerprint density at radius 2 is 1.30 bits per heavy atom. The van der Waals surface area contributed by atoms with Crippen molar-refractivity contribution in [3.8, 4) is 0 Å². The lowest BCUT2D eigenvalue weighted by molar-refractivity contribution is -0.132. The fraction of sp³-hybridized carbons (Fsp3) is 0.318. The van der Waals surface area contributed by atoms with Gasteiger partial charge in [0.05, 0.1) is 13.2 Å². The lowest BCUT2D eigenvalue weighted by atomic mass is 10.0. The highest BCUT2D eigenvalue weighted by atomic mass is 16.6. The van der Waals surface area contributed by atoms with E-state index in [-0.39, 0.29) is 30.0 Å². The number of carboxylic acids is 1. The summed E-state index contributed by atoms with van der Waals surface area (Å²) in [5.41, 5.74) is 2.51. The Balaban J connectivity index is 0.000000307. The maximum Gasteiger partial charge on any atom is 0.330 e. The lowest BCUT2D eigenvalue weighted by Gasteiger charge is -2.23. The number of rotatable bonds is 7.